The summed E-state index contributed by atoms with van der Waals surface area (Å²) >= 11 is 0. The maximum absolute atomic E-state index is 12.8. The molecule has 1 unspecified atom stereocenters. The van der Waals surface area contributed by atoms with Crippen LogP contribution in [0.2, 0.25) is 0 Å². The van der Waals surface area contributed by atoms with E-state index in [0.717, 1.165) is 51.0 Å². The van der Waals surface area contributed by atoms with Crippen molar-refractivity contribution < 1.29 is 13.6 Å². The zero-order chi connectivity index (χ0) is 28.9. The molecule has 1 saturated heterocycles. The van der Waals surface area contributed by atoms with Crippen LogP contribution in [0.25, 0.3) is 5.65 Å². The SMILES string of the molecule is CCCC(C)=O.CCCc1c(N2CCNC(C)C2)ccnc1C.CCCc1cn2cc(C)nc2cc1C(F)F. The van der Waals surface area contributed by atoms with Gasteiger partial charge in [-0.05, 0) is 70.2 Å². The molecule has 3 aromatic rings. The van der Waals surface area contributed by atoms with Gasteiger partial charge in [-0.15, -0.1) is 0 Å². The standard InChI is InChI=1S/C14H23N3.C12H14F2N2.C5H10O/c1-4-5-13-12(3)16-7-6-14(13)17-9-8-15-11(2)10-17;1-3-4-9-7-16-6-8(2)15-11(16)5-10(9)12(13)14;1-3-4-5(2)6/h6-7,11,15H,4-5,8-10H2,1-3H3;5-7,12H,3-4H2,1-2H3;3-4H2,1-2H3. The van der Waals surface area contributed by atoms with Crippen molar-refractivity contribution in [2.24, 2.45) is 0 Å². The van der Waals surface area contributed by atoms with Crippen molar-refractivity contribution >= 4 is 17.1 Å². The fraction of sp³-hybridized carbons (Fsp3) is 0.581. The van der Waals surface area contributed by atoms with Gasteiger partial charge in [0.1, 0.15) is 11.4 Å². The van der Waals surface area contributed by atoms with E-state index in [9.17, 15) is 13.6 Å². The lowest BCUT2D eigenvalue weighted by Gasteiger charge is -2.35. The van der Waals surface area contributed by atoms with Crippen LogP contribution in [0.15, 0.2) is 30.7 Å². The Morgan fingerprint density at radius 1 is 1.13 bits per heavy atom. The normalized spacial score (nSPS) is 15.0. The Balaban J connectivity index is 0.000000228. The molecule has 0 radical (unpaired) electrons. The lowest BCUT2D eigenvalue weighted by molar-refractivity contribution is -0.117. The van der Waals surface area contributed by atoms with Crippen LogP contribution in [0.1, 0.15) is 94.8 Å². The number of ketones is 1. The first-order valence-electron chi connectivity index (χ1n) is 14.3. The predicted octanol–water partition coefficient (Wildman–Crippen LogP) is 7.05. The number of Topliss-reactive ketones (excluding diaryl/α,β-unsaturated/α-hetero) is 1. The van der Waals surface area contributed by atoms with E-state index in [2.05, 4.69) is 47.0 Å². The van der Waals surface area contributed by atoms with Gasteiger partial charge in [-0.25, -0.2) is 13.8 Å². The number of alkyl halides is 2. The molecule has 39 heavy (non-hydrogen) atoms. The minimum atomic E-state index is -2.43. The molecule has 1 atom stereocenters. The summed E-state index contributed by atoms with van der Waals surface area (Å²) in [5, 5.41) is 3.49. The van der Waals surface area contributed by atoms with Gasteiger partial charge < -0.3 is 19.4 Å². The summed E-state index contributed by atoms with van der Waals surface area (Å²) in [6, 6.07) is 4.24. The Bertz CT molecular complexity index is 1180. The molecular weight excluding hydrogens is 496 g/mol. The fourth-order valence-corrected chi connectivity index (χ4v) is 4.84. The molecule has 8 heteroatoms. The summed E-state index contributed by atoms with van der Waals surface area (Å²) in [5.41, 5.74) is 6.27. The summed E-state index contributed by atoms with van der Waals surface area (Å²) in [6.07, 6.45) is 8.69. The topological polar surface area (TPSA) is 62.5 Å². The van der Waals surface area contributed by atoms with Gasteiger partial charge >= 0.3 is 0 Å². The van der Waals surface area contributed by atoms with E-state index in [-0.39, 0.29) is 11.3 Å². The summed E-state index contributed by atoms with van der Waals surface area (Å²) < 4.78 is 27.5. The molecule has 0 aliphatic carbocycles. The molecule has 6 nitrogen and oxygen atoms in total. The van der Waals surface area contributed by atoms with E-state index in [0.29, 0.717) is 23.7 Å². The average molecular weight is 544 g/mol. The third-order valence-corrected chi connectivity index (χ3v) is 6.64. The van der Waals surface area contributed by atoms with Crippen molar-refractivity contribution in [2.75, 3.05) is 24.5 Å². The van der Waals surface area contributed by atoms with Crippen LogP contribution in [0.5, 0.6) is 0 Å². The van der Waals surface area contributed by atoms with Gasteiger partial charge in [0.15, 0.2) is 0 Å². The number of aromatic nitrogens is 3. The fourth-order valence-electron chi connectivity index (χ4n) is 4.84. The first-order chi connectivity index (χ1) is 18.6. The van der Waals surface area contributed by atoms with E-state index in [1.165, 1.54) is 29.4 Å². The molecule has 1 aliphatic heterocycles. The highest BCUT2D eigenvalue weighted by Crippen LogP contribution is 2.26. The van der Waals surface area contributed by atoms with Crippen molar-refractivity contribution in [1.29, 1.82) is 0 Å². The highest BCUT2D eigenvalue weighted by Gasteiger charge is 2.19. The Morgan fingerprint density at radius 3 is 2.41 bits per heavy atom. The van der Waals surface area contributed by atoms with Crippen LogP contribution in [0.3, 0.4) is 0 Å². The number of hydrogen-bond donors (Lipinski definition) is 1. The molecule has 0 spiro atoms. The van der Waals surface area contributed by atoms with Crippen LogP contribution in [-0.2, 0) is 17.6 Å². The number of carbonyl (C=O) groups excluding carboxylic acids is 1. The molecule has 0 saturated carbocycles. The van der Waals surface area contributed by atoms with Crippen LogP contribution < -0.4 is 10.2 Å². The number of rotatable bonds is 8. The second-order valence-corrected chi connectivity index (χ2v) is 10.3. The molecule has 216 valence electrons. The van der Waals surface area contributed by atoms with Gasteiger partial charge in [0.05, 0.1) is 5.69 Å². The highest BCUT2D eigenvalue weighted by molar-refractivity contribution is 5.75. The summed E-state index contributed by atoms with van der Waals surface area (Å²) in [6.45, 7) is 17.3. The van der Waals surface area contributed by atoms with Crippen molar-refractivity contribution in [3.63, 3.8) is 0 Å². The number of carbonyl (C=O) groups is 1. The van der Waals surface area contributed by atoms with E-state index in [4.69, 9.17) is 0 Å². The van der Waals surface area contributed by atoms with E-state index in [1.807, 2.05) is 37.6 Å². The van der Waals surface area contributed by atoms with Crippen LogP contribution in [-0.4, -0.2) is 45.8 Å². The molecule has 4 rings (SSSR count). The maximum Gasteiger partial charge on any atom is 0.264 e. The average Bonchev–Trinajstić information content (AvgIpc) is 3.24. The summed E-state index contributed by atoms with van der Waals surface area (Å²) in [4.78, 5) is 21.2. The summed E-state index contributed by atoms with van der Waals surface area (Å²) in [5.74, 6) is 0.289. The molecule has 4 heterocycles. The second-order valence-electron chi connectivity index (χ2n) is 10.3. The molecule has 0 bridgehead atoms. The Morgan fingerprint density at radius 2 is 1.85 bits per heavy atom. The molecule has 1 fully saturated rings. The maximum atomic E-state index is 12.8. The first kappa shape index (κ1) is 32.3. The molecule has 0 aromatic carbocycles. The van der Waals surface area contributed by atoms with E-state index in [1.54, 1.807) is 13.1 Å². The predicted molar refractivity (Wildman–Crippen MR) is 157 cm³/mol. The smallest absolute Gasteiger partial charge is 0.264 e. The second kappa shape index (κ2) is 16.3. The Labute approximate surface area is 233 Å². The lowest BCUT2D eigenvalue weighted by Crippen LogP contribution is -2.49. The number of hydrogen-bond acceptors (Lipinski definition) is 5. The van der Waals surface area contributed by atoms with Gasteiger partial charge in [-0.1, -0.05) is 33.6 Å². The van der Waals surface area contributed by atoms with E-state index < -0.39 is 6.43 Å². The Hall–Kier alpha value is -2.87. The van der Waals surface area contributed by atoms with Crippen molar-refractivity contribution in [3.8, 4) is 0 Å². The number of pyridine rings is 2. The van der Waals surface area contributed by atoms with Crippen LogP contribution in [0.4, 0.5) is 14.5 Å². The van der Waals surface area contributed by atoms with Gasteiger partial charge in [0.25, 0.3) is 6.43 Å². The van der Waals surface area contributed by atoms with Crippen LogP contribution >= 0.6 is 0 Å². The number of fused-ring (bicyclic) bond motifs is 1. The quantitative estimate of drug-likeness (QED) is 0.330. The molecule has 1 aliphatic rings. The van der Waals surface area contributed by atoms with Gasteiger partial charge in [-0.2, -0.15) is 0 Å². The zero-order valence-electron chi connectivity index (χ0n) is 24.9. The van der Waals surface area contributed by atoms with Crippen molar-refractivity contribution in [3.05, 3.63) is 58.8 Å². The number of imidazole rings is 1. The minimum absolute atomic E-state index is 0.111. The monoisotopic (exact) mass is 543 g/mol. The molecular formula is C31H47F2N5O. The van der Waals surface area contributed by atoms with Gasteiger partial charge in [-0.3, -0.25) is 4.98 Å². The van der Waals surface area contributed by atoms with Gasteiger partial charge in [0.2, 0.25) is 0 Å². The number of anilines is 1. The van der Waals surface area contributed by atoms with E-state index >= 15 is 0 Å². The third kappa shape index (κ3) is 9.99. The van der Waals surface area contributed by atoms with Crippen molar-refractivity contribution in [1.82, 2.24) is 19.7 Å². The Kier molecular flexibility index (Phi) is 13.5. The van der Waals surface area contributed by atoms with Gasteiger partial charge in [0, 0.05) is 67.6 Å². The largest absolute Gasteiger partial charge is 0.368 e. The molecule has 0 amide bonds. The number of halogens is 2. The number of nitrogens with zero attached hydrogens (tertiary/aromatic N) is 4. The summed E-state index contributed by atoms with van der Waals surface area (Å²) in [7, 11) is 0. The third-order valence-electron chi connectivity index (χ3n) is 6.64. The lowest BCUT2D eigenvalue weighted by atomic mass is 10.0. The molecule has 3 aromatic heterocycles. The highest BCUT2D eigenvalue weighted by atomic mass is 19.3. The van der Waals surface area contributed by atoms with Crippen LogP contribution in [0, 0.1) is 13.8 Å². The van der Waals surface area contributed by atoms with Crippen molar-refractivity contribution in [2.45, 2.75) is 99.5 Å². The number of piperazine rings is 1. The zero-order valence-corrected chi connectivity index (χ0v) is 24.9. The first-order valence-corrected chi connectivity index (χ1v) is 14.3. The molecule has 1 N–H and O–H groups in total. The minimum Gasteiger partial charge on any atom is -0.368 e. The number of nitrogens with one attached hydrogen (secondary N) is 1. The number of aryl methyl sites for hydroxylation is 3.